The van der Waals surface area contributed by atoms with Gasteiger partial charge in [-0.05, 0) is 43.3 Å². The second kappa shape index (κ2) is 5.02. The summed E-state index contributed by atoms with van der Waals surface area (Å²) in [7, 11) is 0. The summed E-state index contributed by atoms with van der Waals surface area (Å²) in [6, 6.07) is 12.7. The van der Waals surface area contributed by atoms with Crippen molar-refractivity contribution in [3.63, 3.8) is 0 Å². The van der Waals surface area contributed by atoms with E-state index in [4.69, 9.17) is 11.6 Å². The van der Waals surface area contributed by atoms with Crippen LogP contribution in [0.1, 0.15) is 21.6 Å². The molecular weight excluding hydrogens is 272 g/mol. The summed E-state index contributed by atoms with van der Waals surface area (Å²) in [6.45, 7) is 1.94. The second-order valence-electron chi connectivity index (χ2n) is 4.56. The van der Waals surface area contributed by atoms with Crippen molar-refractivity contribution in [3.8, 4) is 0 Å². The molecule has 0 aliphatic carbocycles. The summed E-state index contributed by atoms with van der Waals surface area (Å²) in [5.74, 6) is -0.0726. The normalized spacial score (nSPS) is 10.7. The maximum atomic E-state index is 12.4. The smallest absolute Gasteiger partial charge is 0.194 e. The standard InChI is InChI=1S/C16H11ClN2O/c1-10-2-3-11-8-12(4-6-14(11)19-10)16(20)13-5-7-15(17)18-9-13/h2-9H,1H3. The summed E-state index contributed by atoms with van der Waals surface area (Å²) in [4.78, 5) is 20.7. The topological polar surface area (TPSA) is 42.9 Å². The molecule has 0 aliphatic heterocycles. The number of pyridine rings is 2. The number of ketones is 1. The predicted octanol–water partition coefficient (Wildman–Crippen LogP) is 3.82. The molecule has 0 bridgehead atoms. The fourth-order valence-electron chi connectivity index (χ4n) is 2.05. The third-order valence-electron chi connectivity index (χ3n) is 3.08. The molecule has 0 N–H and O–H groups in total. The monoisotopic (exact) mass is 282 g/mol. The molecule has 1 aromatic carbocycles. The number of fused-ring (bicyclic) bond motifs is 1. The third-order valence-corrected chi connectivity index (χ3v) is 3.30. The van der Waals surface area contributed by atoms with Gasteiger partial charge in [-0.25, -0.2) is 4.98 Å². The largest absolute Gasteiger partial charge is 0.289 e. The van der Waals surface area contributed by atoms with E-state index in [0.29, 0.717) is 16.3 Å². The molecule has 3 rings (SSSR count). The van der Waals surface area contributed by atoms with Gasteiger partial charge in [0.25, 0.3) is 0 Å². The van der Waals surface area contributed by atoms with Gasteiger partial charge in [0.15, 0.2) is 5.78 Å². The minimum atomic E-state index is -0.0726. The van der Waals surface area contributed by atoms with Crippen molar-refractivity contribution < 1.29 is 4.79 Å². The van der Waals surface area contributed by atoms with E-state index in [9.17, 15) is 4.79 Å². The first kappa shape index (κ1) is 12.8. The number of hydrogen-bond donors (Lipinski definition) is 0. The third kappa shape index (κ3) is 2.40. The zero-order valence-corrected chi connectivity index (χ0v) is 11.6. The highest BCUT2D eigenvalue weighted by Crippen LogP contribution is 2.18. The summed E-state index contributed by atoms with van der Waals surface area (Å²) in [5.41, 5.74) is 2.98. The van der Waals surface area contributed by atoms with Crippen LogP contribution in [0.2, 0.25) is 5.15 Å². The number of rotatable bonds is 2. The molecule has 3 aromatic rings. The van der Waals surface area contributed by atoms with E-state index in [1.165, 1.54) is 6.20 Å². The molecule has 2 aromatic heterocycles. The molecular formula is C16H11ClN2O. The van der Waals surface area contributed by atoms with Crippen LogP contribution in [0.15, 0.2) is 48.7 Å². The highest BCUT2D eigenvalue weighted by atomic mass is 35.5. The minimum absolute atomic E-state index is 0.0726. The van der Waals surface area contributed by atoms with Crippen LogP contribution in [0.4, 0.5) is 0 Å². The van der Waals surface area contributed by atoms with Crippen molar-refractivity contribution in [1.82, 2.24) is 9.97 Å². The lowest BCUT2D eigenvalue weighted by Gasteiger charge is -2.04. The molecule has 0 radical (unpaired) electrons. The number of carbonyl (C=O) groups is 1. The Morgan fingerprint density at radius 2 is 1.85 bits per heavy atom. The second-order valence-corrected chi connectivity index (χ2v) is 4.95. The number of aromatic nitrogens is 2. The Hall–Kier alpha value is -2.26. The molecule has 0 amide bonds. The molecule has 0 saturated heterocycles. The molecule has 3 nitrogen and oxygen atoms in total. The molecule has 0 unspecified atom stereocenters. The SMILES string of the molecule is Cc1ccc2cc(C(=O)c3ccc(Cl)nc3)ccc2n1. The first-order chi connectivity index (χ1) is 9.63. The minimum Gasteiger partial charge on any atom is -0.289 e. The van der Waals surface area contributed by atoms with E-state index in [1.54, 1.807) is 18.2 Å². The van der Waals surface area contributed by atoms with E-state index in [0.717, 1.165) is 16.6 Å². The van der Waals surface area contributed by atoms with Gasteiger partial charge in [-0.3, -0.25) is 9.78 Å². The first-order valence-electron chi connectivity index (χ1n) is 6.17. The Labute approximate surface area is 121 Å². The zero-order chi connectivity index (χ0) is 14.1. The van der Waals surface area contributed by atoms with Crippen LogP contribution in [0.5, 0.6) is 0 Å². The van der Waals surface area contributed by atoms with Crippen molar-refractivity contribution in [2.75, 3.05) is 0 Å². The fourth-order valence-corrected chi connectivity index (χ4v) is 2.16. The Balaban J connectivity index is 2.03. The van der Waals surface area contributed by atoms with Crippen molar-refractivity contribution in [2.24, 2.45) is 0 Å². The molecule has 0 saturated carbocycles. The van der Waals surface area contributed by atoms with Gasteiger partial charge in [0.2, 0.25) is 0 Å². The van der Waals surface area contributed by atoms with Crippen LogP contribution < -0.4 is 0 Å². The van der Waals surface area contributed by atoms with Crippen molar-refractivity contribution in [1.29, 1.82) is 0 Å². The summed E-state index contributed by atoms with van der Waals surface area (Å²) < 4.78 is 0. The van der Waals surface area contributed by atoms with Crippen LogP contribution in [0.25, 0.3) is 10.9 Å². The van der Waals surface area contributed by atoms with Crippen LogP contribution in [-0.4, -0.2) is 15.8 Å². The van der Waals surface area contributed by atoms with Crippen molar-refractivity contribution in [3.05, 3.63) is 70.6 Å². The maximum Gasteiger partial charge on any atom is 0.194 e. The van der Waals surface area contributed by atoms with Gasteiger partial charge in [0.1, 0.15) is 5.15 Å². The predicted molar refractivity (Wildman–Crippen MR) is 79.2 cm³/mol. The molecule has 4 heteroatoms. The maximum absolute atomic E-state index is 12.4. The van der Waals surface area contributed by atoms with Crippen molar-refractivity contribution >= 4 is 28.3 Å². The average molecular weight is 283 g/mol. The average Bonchev–Trinajstić information content (AvgIpc) is 2.47. The molecule has 20 heavy (non-hydrogen) atoms. The van der Waals surface area contributed by atoms with E-state index in [-0.39, 0.29) is 5.78 Å². The van der Waals surface area contributed by atoms with Crippen molar-refractivity contribution in [2.45, 2.75) is 6.92 Å². The number of benzene rings is 1. The number of carbonyl (C=O) groups excluding carboxylic acids is 1. The lowest BCUT2D eigenvalue weighted by Crippen LogP contribution is -2.01. The van der Waals surface area contributed by atoms with E-state index in [2.05, 4.69) is 9.97 Å². The van der Waals surface area contributed by atoms with Crippen LogP contribution in [0, 0.1) is 6.92 Å². The highest BCUT2D eigenvalue weighted by Gasteiger charge is 2.10. The Morgan fingerprint density at radius 3 is 2.60 bits per heavy atom. The van der Waals surface area contributed by atoms with Crippen LogP contribution >= 0.6 is 11.6 Å². The van der Waals surface area contributed by atoms with Gasteiger partial charge in [-0.2, -0.15) is 0 Å². The molecule has 0 atom stereocenters. The zero-order valence-electron chi connectivity index (χ0n) is 10.8. The Kier molecular flexibility index (Phi) is 3.20. The Bertz CT molecular complexity index is 797. The van der Waals surface area contributed by atoms with Gasteiger partial charge in [-0.1, -0.05) is 17.7 Å². The fraction of sp³-hybridized carbons (Fsp3) is 0.0625. The molecule has 0 fully saturated rings. The van der Waals surface area contributed by atoms with Gasteiger partial charge < -0.3 is 0 Å². The number of nitrogens with zero attached hydrogens (tertiary/aromatic N) is 2. The number of halogens is 1. The van der Waals surface area contributed by atoms with Crippen LogP contribution in [-0.2, 0) is 0 Å². The lowest BCUT2D eigenvalue weighted by atomic mass is 10.0. The molecule has 2 heterocycles. The number of aryl methyl sites for hydroxylation is 1. The van der Waals surface area contributed by atoms with Gasteiger partial charge in [-0.15, -0.1) is 0 Å². The van der Waals surface area contributed by atoms with E-state index in [1.807, 2.05) is 31.2 Å². The highest BCUT2D eigenvalue weighted by molar-refractivity contribution is 6.29. The van der Waals surface area contributed by atoms with Crippen LogP contribution in [0.3, 0.4) is 0 Å². The lowest BCUT2D eigenvalue weighted by molar-refractivity contribution is 0.103. The van der Waals surface area contributed by atoms with Gasteiger partial charge >= 0.3 is 0 Å². The van der Waals surface area contributed by atoms with Gasteiger partial charge in [0.05, 0.1) is 5.52 Å². The molecule has 0 spiro atoms. The molecule has 98 valence electrons. The van der Waals surface area contributed by atoms with E-state index < -0.39 is 0 Å². The quantitative estimate of drug-likeness (QED) is 0.530. The number of hydrogen-bond acceptors (Lipinski definition) is 3. The van der Waals surface area contributed by atoms with E-state index >= 15 is 0 Å². The van der Waals surface area contributed by atoms with Gasteiger partial charge in [0, 0.05) is 28.4 Å². The molecule has 0 aliphatic rings. The first-order valence-corrected chi connectivity index (χ1v) is 6.55. The summed E-state index contributed by atoms with van der Waals surface area (Å²) >= 11 is 5.72. The summed E-state index contributed by atoms with van der Waals surface area (Å²) in [6.07, 6.45) is 1.49. The summed E-state index contributed by atoms with van der Waals surface area (Å²) in [5, 5.41) is 1.32. The Morgan fingerprint density at radius 1 is 1.05 bits per heavy atom.